The van der Waals surface area contributed by atoms with Gasteiger partial charge in [-0.3, -0.25) is 29.4 Å². The first kappa shape index (κ1) is 123. The summed E-state index contributed by atoms with van der Waals surface area (Å²) in [7, 11) is -0.806. The molecule has 9 aromatic rings. The molecule has 780 valence electrons. The first-order chi connectivity index (χ1) is 66.2. The average Bonchev–Trinajstić information content (AvgIpc) is 1.77. The smallest absolute Gasteiger partial charge is 0.547 e. The molecule has 0 radical (unpaired) electrons. The number of Topliss-reactive ketones (excluding diaryl/α,β-unsaturated/α-hetero) is 1. The molecular formula is C96H137ClLiN17O24S3Si. The molecule has 41 nitrogen and oxygen atoms in total. The number of hydrazine groups is 1. The van der Waals surface area contributed by atoms with Crippen LogP contribution in [0.3, 0.4) is 0 Å². The number of aliphatic carboxylic acids is 1. The van der Waals surface area contributed by atoms with Gasteiger partial charge in [-0.25, -0.2) is 25.0 Å². The fraction of sp³-hybridized carbons (Fsp3) is 0.552. The number of amides is 6. The number of ether oxygens (including phenoxy) is 3. The molecule has 5 fully saturated rings. The number of rotatable bonds is 30. The summed E-state index contributed by atoms with van der Waals surface area (Å²) in [6.07, 6.45) is 6.99. The number of nitrogens with zero attached hydrogens (tertiary/aromatic N) is 9. The summed E-state index contributed by atoms with van der Waals surface area (Å²) in [5.74, 6) is 4.83. The van der Waals surface area contributed by atoms with Crippen molar-refractivity contribution in [2.24, 2.45) is 41.2 Å². The number of alkyl carbamates (subject to hydrolysis) is 2. The molecule has 5 aliphatic carbocycles. The summed E-state index contributed by atoms with van der Waals surface area (Å²) < 4.78 is 36.0. The molecule has 14 rings (SSSR count). The van der Waals surface area contributed by atoms with Crippen LogP contribution < -0.4 is 67.6 Å². The van der Waals surface area contributed by atoms with Gasteiger partial charge in [-0.05, 0) is 195 Å². The Morgan fingerprint density at radius 1 is 0.490 bits per heavy atom. The third kappa shape index (κ3) is 43.6. The molecule has 143 heavy (non-hydrogen) atoms. The van der Waals surface area contributed by atoms with Gasteiger partial charge in [0.1, 0.15) is 71.8 Å². The number of aliphatic hydroxyl groups excluding tert-OH is 5. The number of methoxy groups -OCH3 is 1. The zero-order chi connectivity index (χ0) is 104. The fourth-order valence-corrected chi connectivity index (χ4v) is 18.1. The number of nitrogens with two attached hydrogens (primary N) is 2. The molecule has 5 aliphatic rings. The van der Waals surface area contributed by atoms with Crippen molar-refractivity contribution in [1.29, 1.82) is 0 Å². The zero-order valence-corrected chi connectivity index (χ0v) is 88.6. The van der Waals surface area contributed by atoms with Gasteiger partial charge in [-0.15, -0.1) is 43.0 Å². The Balaban J connectivity index is 0.000000299. The molecule has 47 heteroatoms. The molecule has 6 atom stereocenters. The number of carbonyl (C=O) groups excluding carboxylic acids is 9. The van der Waals surface area contributed by atoms with Crippen molar-refractivity contribution < 1.29 is 135 Å². The number of carboxylic acid groups (broad SMARTS) is 2. The summed E-state index contributed by atoms with van der Waals surface area (Å²) in [5, 5.41) is 117. The van der Waals surface area contributed by atoms with Crippen molar-refractivity contribution in [2.45, 2.75) is 296 Å². The van der Waals surface area contributed by atoms with Crippen LogP contribution in [0.25, 0.3) is 34.0 Å². The number of esters is 1. The monoisotopic (exact) mass is 2080 g/mol. The molecule has 0 bridgehead atoms. The van der Waals surface area contributed by atoms with Crippen LogP contribution in [0.2, 0.25) is 18.1 Å². The molecule has 5 saturated carbocycles. The summed E-state index contributed by atoms with van der Waals surface area (Å²) in [6, 6.07) is 33.9. The fourth-order valence-electron chi connectivity index (χ4n) is 14.0. The molecule has 3 aromatic carbocycles. The van der Waals surface area contributed by atoms with E-state index < -0.39 is 86.2 Å². The Morgan fingerprint density at radius 3 is 1.09 bits per heavy atom. The summed E-state index contributed by atoms with van der Waals surface area (Å²) >= 11 is 4.41. The van der Waals surface area contributed by atoms with Crippen LogP contribution in [0.15, 0.2) is 123 Å². The largest absolute Gasteiger partial charge is 1.00 e. The minimum absolute atomic E-state index is 0. The van der Waals surface area contributed by atoms with Gasteiger partial charge in [0.15, 0.2) is 48.5 Å². The Morgan fingerprint density at radius 2 is 0.811 bits per heavy atom. The van der Waals surface area contributed by atoms with Crippen LogP contribution in [-0.4, -0.2) is 218 Å². The van der Waals surface area contributed by atoms with Crippen LogP contribution in [0.5, 0.6) is 0 Å². The Labute approximate surface area is 862 Å². The summed E-state index contributed by atoms with van der Waals surface area (Å²) in [4.78, 5) is 113. The van der Waals surface area contributed by atoms with Crippen molar-refractivity contribution in [3.8, 4) is 34.0 Å². The van der Waals surface area contributed by atoms with Crippen molar-refractivity contribution in [3.05, 3.63) is 156 Å². The number of aromatic carboxylic acids is 1. The van der Waals surface area contributed by atoms with Crippen molar-refractivity contribution in [3.63, 3.8) is 0 Å². The van der Waals surface area contributed by atoms with Crippen LogP contribution in [-0.2, 0) is 61.9 Å². The second-order valence-electron chi connectivity index (χ2n) is 38.8. The van der Waals surface area contributed by atoms with Crippen LogP contribution in [0.1, 0.15) is 261 Å². The van der Waals surface area contributed by atoms with Gasteiger partial charge in [0, 0.05) is 97.2 Å². The van der Waals surface area contributed by atoms with Crippen molar-refractivity contribution in [2.75, 3.05) is 13.7 Å². The molecule has 6 amide bonds. The predicted molar refractivity (Wildman–Crippen MR) is 531 cm³/mol. The molecule has 0 spiro atoms. The normalized spacial score (nSPS) is 19.6. The molecule has 6 aromatic heterocycles. The number of aliphatic hydroxyl groups is 5. The van der Waals surface area contributed by atoms with E-state index in [1.165, 1.54) is 54.1 Å². The van der Waals surface area contributed by atoms with Gasteiger partial charge in [-0.1, -0.05) is 161 Å². The Hall–Kier alpha value is -10.7. The van der Waals surface area contributed by atoms with Crippen LogP contribution >= 0.6 is 46.4 Å². The zero-order valence-electron chi connectivity index (χ0n) is 84.3. The van der Waals surface area contributed by atoms with Crippen molar-refractivity contribution >= 4 is 114 Å². The van der Waals surface area contributed by atoms with Gasteiger partial charge in [0.2, 0.25) is 11.8 Å². The molecule has 0 unspecified atom stereocenters. The van der Waals surface area contributed by atoms with E-state index in [1.807, 2.05) is 133 Å². The van der Waals surface area contributed by atoms with E-state index in [0.717, 1.165) is 122 Å². The summed E-state index contributed by atoms with van der Waals surface area (Å²) in [5.41, 5.74) is 9.90. The van der Waals surface area contributed by atoms with E-state index in [2.05, 4.69) is 117 Å². The van der Waals surface area contributed by atoms with E-state index in [9.17, 15) is 68.4 Å². The molecule has 0 aliphatic heterocycles. The first-order valence-electron chi connectivity index (χ1n) is 46.5. The van der Waals surface area contributed by atoms with Crippen LogP contribution in [0.4, 0.5) is 9.59 Å². The van der Waals surface area contributed by atoms with Crippen LogP contribution in [0, 0.1) is 29.6 Å². The number of carboxylic acids is 2. The third-order valence-corrected chi connectivity index (χ3v) is 30.7. The number of ketones is 1. The number of nitrogens with one attached hydrogen (secondary N) is 6. The minimum Gasteiger partial charge on any atom is -0.547 e. The van der Waals surface area contributed by atoms with E-state index in [0.29, 0.717) is 86.2 Å². The SMILES string of the molecule is CC(C)(C)OC(=O)NC1CC(CC(=O)NN)C1.COC(=O)[C@H](C)O.C[C@H](O)C(=O)[O-].C[C@H](O)c1nnc(CC2CC(N)C2)s1.C[C@H](O)c1nnc(CC2CC(NC(=O)c3cc(-c4ccccc4)on3)C2)s1.C[C@H](O)c1nnc(CC2CC(NC(=O)c3cc(-c4ccccc4)on3)C2)s1.C[C@H](O[Si](C)(C)C(C)(C)C)C(=O)NCC(=O)CC1CC(NC(=O)OC(C)(C)C)C1.Cl.O=C(O)c1cc(-c2ccccc2)on1.[Li+]. The predicted octanol–water partition coefficient (Wildman–Crippen LogP) is 8.43. The number of hydrogen-bond donors (Lipinski definition) is 14. The number of benzene rings is 3. The maximum Gasteiger partial charge on any atom is 1.00 e. The Kier molecular flexibility index (Phi) is 50.1. The summed E-state index contributed by atoms with van der Waals surface area (Å²) in [6.45, 7) is 30.8. The average molecular weight is 2080 g/mol. The van der Waals surface area contributed by atoms with E-state index in [1.54, 1.807) is 39.8 Å². The van der Waals surface area contributed by atoms with Gasteiger partial charge in [-0.2, -0.15) is 0 Å². The third-order valence-electron chi connectivity index (χ3n) is 22.8. The van der Waals surface area contributed by atoms with E-state index >= 15 is 0 Å². The number of halogens is 1. The Bertz CT molecular complexity index is 5280. The quantitative estimate of drug-likeness (QED) is 0.00501. The maximum atomic E-state index is 12.4. The number of hydrogen-bond acceptors (Lipinski definition) is 37. The van der Waals surface area contributed by atoms with Gasteiger partial charge in [0.05, 0.1) is 25.7 Å². The minimum atomic E-state index is -2.04. The van der Waals surface area contributed by atoms with Gasteiger partial charge < -0.3 is 105 Å². The van der Waals surface area contributed by atoms with E-state index in [4.69, 9.17) is 54.4 Å². The van der Waals surface area contributed by atoms with Gasteiger partial charge >= 0.3 is 43.0 Å². The number of aromatic nitrogens is 9. The topological polar surface area (TPSA) is 632 Å². The second kappa shape index (κ2) is 58.4. The molecule has 0 saturated heterocycles. The van der Waals surface area contributed by atoms with Crippen molar-refractivity contribution in [1.82, 2.24) is 78.1 Å². The van der Waals surface area contributed by atoms with Gasteiger partial charge in [0.25, 0.3) is 11.8 Å². The standard InChI is InChI=1S/C21H40N2O5Si.2C19H20N4O3S.C11H21N3O3.C10H7NO3.C9H15N3OS.C4H8O3.C3H6O3.ClH.Li/c1-14(28-29(8,9)21(5,6)7)18(25)22-13-17(24)12-15-10-16(11-15)23-19(26)27-20(2,3)4;2*1-11(24)19-22-21-17(27-19)9-12-7-14(8-12)20-18(25)15-10-16(26-23-15)13-5-3-2-4-6-13;1-11(2,3)17-10(16)13-8-4-7(5-8)6-9(15)14-12;12-10(13)8-6-9(14-11-8)7-4-2-1-3-5-7;1-5(13)9-12-11-8(14-9)4-6-2-7(10)3-6;1-3(5)4(6)7-2;1-2(4)3(5)6;;/h14-16H,10-13H2,1-9H3,(H,22,25)(H,23,26);2*2-6,10-12,14,24H,7-9H2,1H3,(H,20,25);7-8H,4-6,12H2,1-3H3,(H,13,16)(H,14,15);1-6H,(H,12,13);5-7,13H,2-4,10H2,1H3;3,5H,1-2H3;2,4H,1H3,(H,5,6);1H;/q;;;;;;;;;+1/p-1/t14-,15?,16?;2*11-,12?,14?;;;5-,6?,7?;3-;2-;;/m000..000../s1. The second-order valence-corrected chi connectivity index (χ2v) is 46.8. The molecule has 6 heterocycles. The molecular weight excluding hydrogens is 1940 g/mol. The van der Waals surface area contributed by atoms with E-state index in [-0.39, 0.29) is 108 Å². The maximum absolute atomic E-state index is 12.4. The first-order valence-corrected chi connectivity index (χ1v) is 51.9. The number of carbonyl (C=O) groups is 10. The molecule has 16 N–H and O–H groups in total.